The summed E-state index contributed by atoms with van der Waals surface area (Å²) >= 11 is 0. The van der Waals surface area contributed by atoms with Crippen molar-refractivity contribution in [2.45, 2.75) is 12.5 Å². The number of para-hydroxylation sites is 1. The van der Waals surface area contributed by atoms with Gasteiger partial charge in [0.2, 0.25) is 0 Å². The molecule has 1 atom stereocenters. The largest absolute Gasteiger partial charge is 0.509 e. The Kier molecular flexibility index (Phi) is 4.01. The van der Waals surface area contributed by atoms with E-state index < -0.39 is 6.04 Å². The third-order valence-electron chi connectivity index (χ3n) is 3.54. The summed E-state index contributed by atoms with van der Waals surface area (Å²) in [5.41, 5.74) is 2.02. The first-order valence-corrected chi connectivity index (χ1v) is 7.11. The van der Waals surface area contributed by atoms with Gasteiger partial charge in [-0.3, -0.25) is 9.79 Å². The molecule has 110 valence electrons. The van der Waals surface area contributed by atoms with Gasteiger partial charge in [0, 0.05) is 6.21 Å². The van der Waals surface area contributed by atoms with Crippen LogP contribution in [0.15, 0.2) is 77.0 Å². The van der Waals surface area contributed by atoms with Crippen molar-refractivity contribution >= 4 is 17.8 Å². The molecule has 0 aliphatic carbocycles. The molecule has 0 fully saturated rings. The Morgan fingerprint density at radius 1 is 1.05 bits per heavy atom. The van der Waals surface area contributed by atoms with Crippen LogP contribution in [0.1, 0.15) is 5.56 Å². The molecule has 1 aliphatic rings. The summed E-state index contributed by atoms with van der Waals surface area (Å²) < 4.78 is 0. The summed E-state index contributed by atoms with van der Waals surface area (Å²) in [5.74, 6) is -0.244. The maximum Gasteiger partial charge on any atom is 0.256 e. The van der Waals surface area contributed by atoms with Gasteiger partial charge < -0.3 is 10.4 Å². The Morgan fingerprint density at radius 2 is 1.68 bits per heavy atom. The van der Waals surface area contributed by atoms with Gasteiger partial charge in [-0.25, -0.2) is 0 Å². The normalized spacial score (nSPS) is 18.0. The zero-order valence-corrected chi connectivity index (χ0v) is 11.9. The number of hydrogen-bond donors (Lipinski definition) is 2. The van der Waals surface area contributed by atoms with Gasteiger partial charge in [-0.05, 0) is 24.1 Å². The summed E-state index contributed by atoms with van der Waals surface area (Å²) in [7, 11) is 0. The molecule has 4 nitrogen and oxygen atoms in total. The molecular weight excluding hydrogens is 276 g/mol. The molecule has 2 N–H and O–H groups in total. The highest BCUT2D eigenvalue weighted by atomic mass is 16.3. The van der Waals surface area contributed by atoms with Crippen molar-refractivity contribution in [3.63, 3.8) is 0 Å². The molecule has 0 aromatic heterocycles. The predicted octanol–water partition coefficient (Wildman–Crippen LogP) is 2.94. The van der Waals surface area contributed by atoms with Crippen LogP contribution in [0.5, 0.6) is 0 Å². The van der Waals surface area contributed by atoms with Crippen molar-refractivity contribution in [3.05, 3.63) is 77.6 Å². The number of aliphatic imine (C=N–C) groups is 1. The second kappa shape index (κ2) is 6.26. The first kappa shape index (κ1) is 14.1. The lowest BCUT2D eigenvalue weighted by Gasteiger charge is -2.10. The van der Waals surface area contributed by atoms with Crippen LogP contribution in [0.3, 0.4) is 0 Å². The van der Waals surface area contributed by atoms with E-state index in [-0.39, 0.29) is 17.2 Å². The number of benzene rings is 2. The highest BCUT2D eigenvalue weighted by molar-refractivity contribution is 6.15. The Bertz CT molecular complexity index is 721. The van der Waals surface area contributed by atoms with Crippen molar-refractivity contribution in [3.8, 4) is 0 Å². The minimum atomic E-state index is -0.396. The summed E-state index contributed by atoms with van der Waals surface area (Å²) in [6.07, 6.45) is 1.98. The fourth-order valence-corrected chi connectivity index (χ4v) is 2.38. The Labute approximate surface area is 128 Å². The Morgan fingerprint density at radius 3 is 2.36 bits per heavy atom. The van der Waals surface area contributed by atoms with E-state index in [4.69, 9.17) is 0 Å². The molecule has 0 spiro atoms. The number of aliphatic hydroxyl groups excluding tert-OH is 1. The van der Waals surface area contributed by atoms with Crippen LogP contribution >= 0.6 is 0 Å². The van der Waals surface area contributed by atoms with Crippen LogP contribution in [-0.2, 0) is 11.2 Å². The smallest absolute Gasteiger partial charge is 0.256 e. The highest BCUT2D eigenvalue weighted by Crippen LogP contribution is 2.19. The highest BCUT2D eigenvalue weighted by Gasteiger charge is 2.30. The summed E-state index contributed by atoms with van der Waals surface area (Å²) in [6, 6.07) is 18.7. The van der Waals surface area contributed by atoms with Crippen LogP contribution in [0.4, 0.5) is 5.69 Å². The van der Waals surface area contributed by atoms with E-state index in [1.165, 1.54) is 6.21 Å². The molecule has 22 heavy (non-hydrogen) atoms. The van der Waals surface area contributed by atoms with Gasteiger partial charge in [0.25, 0.3) is 5.91 Å². The second-order valence-corrected chi connectivity index (χ2v) is 5.11. The lowest BCUT2D eigenvalue weighted by Crippen LogP contribution is -2.30. The average molecular weight is 292 g/mol. The fraction of sp³-hybridized carbons (Fsp3) is 0.111. The molecule has 1 amide bonds. The Balaban J connectivity index is 1.78. The number of amides is 1. The van der Waals surface area contributed by atoms with Gasteiger partial charge in [0.15, 0.2) is 0 Å². The van der Waals surface area contributed by atoms with Crippen molar-refractivity contribution < 1.29 is 9.90 Å². The van der Waals surface area contributed by atoms with Gasteiger partial charge in [-0.2, -0.15) is 0 Å². The lowest BCUT2D eigenvalue weighted by atomic mass is 10.1. The van der Waals surface area contributed by atoms with E-state index >= 15 is 0 Å². The molecule has 2 aromatic carbocycles. The maximum absolute atomic E-state index is 12.0. The zero-order valence-electron chi connectivity index (χ0n) is 11.9. The van der Waals surface area contributed by atoms with E-state index in [1.54, 1.807) is 0 Å². The van der Waals surface area contributed by atoms with Crippen LogP contribution in [0.2, 0.25) is 0 Å². The molecule has 0 saturated carbocycles. The number of nitrogens with one attached hydrogen (secondary N) is 1. The topological polar surface area (TPSA) is 61.7 Å². The molecule has 0 radical (unpaired) electrons. The van der Waals surface area contributed by atoms with Crippen molar-refractivity contribution in [2.24, 2.45) is 4.99 Å². The summed E-state index contributed by atoms with van der Waals surface area (Å²) in [6.45, 7) is 0. The SMILES string of the molecule is O=C1N[C@@H](Cc2ccccc2)C(O)=C1C=Nc1ccccc1. The number of carbonyl (C=O) groups is 1. The second-order valence-electron chi connectivity index (χ2n) is 5.11. The van der Waals surface area contributed by atoms with Gasteiger partial charge in [0.05, 0.1) is 17.3 Å². The molecule has 1 heterocycles. The molecular formula is C18H16N2O2. The van der Waals surface area contributed by atoms with E-state index in [0.29, 0.717) is 6.42 Å². The number of hydrogen-bond acceptors (Lipinski definition) is 3. The molecule has 0 bridgehead atoms. The quantitative estimate of drug-likeness (QED) is 0.851. The van der Waals surface area contributed by atoms with Crippen molar-refractivity contribution in [1.29, 1.82) is 0 Å². The molecule has 3 rings (SSSR count). The predicted molar refractivity (Wildman–Crippen MR) is 86.3 cm³/mol. The van der Waals surface area contributed by atoms with Gasteiger partial charge >= 0.3 is 0 Å². The first-order chi connectivity index (χ1) is 10.7. The number of nitrogens with zero attached hydrogens (tertiary/aromatic N) is 1. The van der Waals surface area contributed by atoms with E-state index in [2.05, 4.69) is 10.3 Å². The average Bonchev–Trinajstić information content (AvgIpc) is 2.81. The number of carbonyl (C=O) groups excluding carboxylic acids is 1. The number of rotatable bonds is 4. The Hall–Kier alpha value is -2.88. The first-order valence-electron chi connectivity index (χ1n) is 7.11. The van der Waals surface area contributed by atoms with Crippen LogP contribution in [0.25, 0.3) is 0 Å². The van der Waals surface area contributed by atoms with Gasteiger partial charge in [-0.15, -0.1) is 0 Å². The van der Waals surface area contributed by atoms with Crippen LogP contribution in [0, 0.1) is 0 Å². The molecule has 1 aliphatic heterocycles. The number of aliphatic hydroxyl groups is 1. The minimum Gasteiger partial charge on any atom is -0.509 e. The monoisotopic (exact) mass is 292 g/mol. The van der Waals surface area contributed by atoms with Crippen molar-refractivity contribution in [1.82, 2.24) is 5.32 Å². The third-order valence-corrected chi connectivity index (χ3v) is 3.54. The van der Waals surface area contributed by atoms with Crippen LogP contribution in [-0.4, -0.2) is 23.3 Å². The van der Waals surface area contributed by atoms with E-state index in [9.17, 15) is 9.90 Å². The molecule has 0 saturated heterocycles. The maximum atomic E-state index is 12.0. The zero-order chi connectivity index (χ0) is 15.4. The molecule has 0 unspecified atom stereocenters. The third kappa shape index (κ3) is 3.06. The van der Waals surface area contributed by atoms with Gasteiger partial charge in [-0.1, -0.05) is 48.5 Å². The summed E-state index contributed by atoms with van der Waals surface area (Å²) in [4.78, 5) is 16.2. The van der Waals surface area contributed by atoms with Gasteiger partial charge in [0.1, 0.15) is 5.76 Å². The molecule has 4 heteroatoms. The standard InChI is InChI=1S/C18H16N2O2/c21-17-15(12-19-14-9-5-2-6-10-14)18(22)20-16(17)11-13-7-3-1-4-8-13/h1-10,12,16,21H,11H2,(H,20,22)/t16-/m0/s1. The molecule has 2 aromatic rings. The summed E-state index contributed by atoms with van der Waals surface area (Å²) in [5, 5.41) is 13.0. The minimum absolute atomic E-state index is 0.0496. The van der Waals surface area contributed by atoms with Crippen LogP contribution < -0.4 is 5.32 Å². The lowest BCUT2D eigenvalue weighted by molar-refractivity contribution is -0.116. The van der Waals surface area contributed by atoms with Crippen molar-refractivity contribution in [2.75, 3.05) is 0 Å². The fourth-order valence-electron chi connectivity index (χ4n) is 2.38. The van der Waals surface area contributed by atoms with E-state index in [1.807, 2.05) is 60.7 Å². The van der Waals surface area contributed by atoms with E-state index in [0.717, 1.165) is 11.3 Å².